The average molecular weight is 863 g/mol. The molecule has 1 heterocycles. The van der Waals surface area contributed by atoms with Crippen LogP contribution in [0.2, 0.25) is 0 Å². The number of unbranched alkanes of at least 4 members (excludes halogenated alkanes) is 2. The number of aliphatic hydroxyl groups excluding tert-OH is 3. The van der Waals surface area contributed by atoms with E-state index < -0.39 is 17.7 Å². The number of nitrogens with zero attached hydrogens (tertiary/aromatic N) is 2. The number of aliphatic hydroxyl groups is 3. The fraction of sp³-hybridized carbons (Fsp3) is 0.633. The lowest BCUT2D eigenvalue weighted by Crippen LogP contribution is -2.70. The van der Waals surface area contributed by atoms with Crippen LogP contribution in [-0.2, 0) is 19.1 Å². The number of oxime groups is 1. The lowest BCUT2D eigenvalue weighted by Gasteiger charge is -2.60. The van der Waals surface area contributed by atoms with Crippen LogP contribution in [0.15, 0.2) is 82.9 Å². The summed E-state index contributed by atoms with van der Waals surface area (Å²) >= 11 is 1.76. The minimum atomic E-state index is -1.33. The van der Waals surface area contributed by atoms with Crippen molar-refractivity contribution in [3.8, 4) is 11.5 Å². The van der Waals surface area contributed by atoms with E-state index in [-0.39, 0.29) is 63.3 Å². The standard InChI is InChI=1S/C49H70N2O9S/c1-3-28-58-49-45(51(24-29-56-30-27-54)46(55)23-20-36-14-8-9-15-36)35-43(50-59-4-2)41-33-37(16-10-12-25-52)40(19-11-13-26-53)47(48(41)49)42-34-38(21-22-44(42)60-49)57-31-32-61-39-17-6-5-7-18-39/h3,5-7,17-18,21-22,33-34,36-37,40,45,47-48,52-54H,1,4,8-16,19-20,23-32,35H2,2H3/t37-,40+,45-,47+,48+,49+/m0/s1. The van der Waals surface area contributed by atoms with Crippen LogP contribution < -0.4 is 9.47 Å². The minimum absolute atomic E-state index is 0.0227. The lowest BCUT2D eigenvalue weighted by molar-refractivity contribution is -0.258. The lowest BCUT2D eigenvalue weighted by atomic mass is 9.55. The molecule has 11 nitrogen and oxygen atoms in total. The molecule has 336 valence electrons. The highest BCUT2D eigenvalue weighted by Gasteiger charge is 2.65. The van der Waals surface area contributed by atoms with Gasteiger partial charge >= 0.3 is 0 Å². The molecule has 61 heavy (non-hydrogen) atoms. The van der Waals surface area contributed by atoms with Crippen molar-refractivity contribution in [2.24, 2.45) is 28.8 Å². The Labute approximate surface area is 367 Å². The molecule has 2 fully saturated rings. The smallest absolute Gasteiger partial charge is 0.239 e. The van der Waals surface area contributed by atoms with Crippen molar-refractivity contribution in [2.45, 2.75) is 113 Å². The Kier molecular flexibility index (Phi) is 18.9. The Balaban J connectivity index is 1.47. The number of hydrogen-bond acceptors (Lipinski definition) is 11. The van der Waals surface area contributed by atoms with Crippen LogP contribution in [0.25, 0.3) is 0 Å². The topological polar surface area (TPSA) is 140 Å². The number of ether oxygens (including phenoxy) is 4. The van der Waals surface area contributed by atoms with Crippen molar-refractivity contribution in [2.75, 3.05) is 65.2 Å². The number of rotatable bonds is 27. The molecule has 3 N–H and O–H groups in total. The van der Waals surface area contributed by atoms with Crippen LogP contribution in [0.4, 0.5) is 0 Å². The monoisotopic (exact) mass is 862 g/mol. The molecule has 1 amide bonds. The molecule has 6 atom stereocenters. The molecular weight excluding hydrogens is 793 g/mol. The molecule has 2 saturated carbocycles. The van der Waals surface area contributed by atoms with E-state index >= 15 is 0 Å². The van der Waals surface area contributed by atoms with E-state index in [9.17, 15) is 20.1 Å². The number of fused-ring (bicyclic) bond motifs is 2. The summed E-state index contributed by atoms with van der Waals surface area (Å²) < 4.78 is 26.8. The van der Waals surface area contributed by atoms with E-state index in [0.717, 1.165) is 73.3 Å². The summed E-state index contributed by atoms with van der Waals surface area (Å²) in [7, 11) is 0. The summed E-state index contributed by atoms with van der Waals surface area (Å²) in [5.74, 6) is 1.20. The van der Waals surface area contributed by atoms with Gasteiger partial charge in [0.1, 0.15) is 24.1 Å². The van der Waals surface area contributed by atoms with Crippen molar-refractivity contribution >= 4 is 23.4 Å². The number of benzene rings is 2. The Bertz CT molecular complexity index is 1720. The molecule has 4 aliphatic rings. The predicted octanol–water partition coefficient (Wildman–Crippen LogP) is 8.32. The number of allylic oxidation sites excluding steroid dienone is 1. The van der Waals surface area contributed by atoms with Gasteiger partial charge in [-0.1, -0.05) is 74.0 Å². The molecule has 12 heteroatoms. The van der Waals surface area contributed by atoms with Crippen LogP contribution in [0.5, 0.6) is 11.5 Å². The molecule has 3 aliphatic carbocycles. The quantitative estimate of drug-likeness (QED) is 0.0348. The Hall–Kier alpha value is -3.39. The fourth-order valence-corrected chi connectivity index (χ4v) is 11.0. The van der Waals surface area contributed by atoms with Crippen LogP contribution in [-0.4, -0.2) is 109 Å². The van der Waals surface area contributed by atoms with Crippen molar-refractivity contribution in [3.05, 3.63) is 78.4 Å². The first kappa shape index (κ1) is 47.1. The molecule has 0 unspecified atom stereocenters. The largest absolute Gasteiger partial charge is 0.493 e. The van der Waals surface area contributed by atoms with E-state index in [1.54, 1.807) is 17.8 Å². The number of amides is 1. The van der Waals surface area contributed by atoms with E-state index in [2.05, 4.69) is 30.9 Å². The molecule has 1 aliphatic heterocycles. The second-order valence-corrected chi connectivity index (χ2v) is 18.0. The summed E-state index contributed by atoms with van der Waals surface area (Å²) in [6, 6.07) is 15.8. The van der Waals surface area contributed by atoms with Crippen LogP contribution in [0.3, 0.4) is 0 Å². The molecular formula is C49H70N2O9S. The predicted molar refractivity (Wildman–Crippen MR) is 240 cm³/mol. The number of carbonyl (C=O) groups excluding carboxylic acids is 1. The fourth-order valence-electron chi connectivity index (χ4n) is 10.3. The van der Waals surface area contributed by atoms with Gasteiger partial charge in [0.15, 0.2) is 0 Å². The first-order valence-electron chi connectivity index (χ1n) is 23.0. The molecule has 0 aromatic heterocycles. The zero-order chi connectivity index (χ0) is 42.9. The van der Waals surface area contributed by atoms with Gasteiger partial charge in [-0.15, -0.1) is 18.3 Å². The molecule has 2 aromatic rings. The van der Waals surface area contributed by atoms with Crippen LogP contribution in [0.1, 0.15) is 102 Å². The molecule has 6 rings (SSSR count). The summed E-state index contributed by atoms with van der Waals surface area (Å²) in [5.41, 5.74) is 2.82. The van der Waals surface area contributed by atoms with Gasteiger partial charge in [-0.3, -0.25) is 4.79 Å². The SMILES string of the molecule is C=CCO[C@@]12Oc3ccc(OCCSc4ccccc4)cc3[C@H]3[C@H](CCCCO)[C@@H](CCCCO)C=C(C(=NOCC)C[C@@H]1N(CCOCCO)C(=O)CCC1CCCC1)[C@H]32. The zero-order valence-electron chi connectivity index (χ0n) is 36.3. The van der Waals surface area contributed by atoms with Crippen molar-refractivity contribution in [1.82, 2.24) is 4.90 Å². The highest BCUT2D eigenvalue weighted by atomic mass is 32.2. The maximum Gasteiger partial charge on any atom is 0.239 e. The van der Waals surface area contributed by atoms with Gasteiger partial charge in [0, 0.05) is 54.7 Å². The second-order valence-electron chi connectivity index (χ2n) is 16.8. The van der Waals surface area contributed by atoms with Gasteiger partial charge in [0.2, 0.25) is 11.7 Å². The Morgan fingerprint density at radius 3 is 2.51 bits per heavy atom. The highest BCUT2D eigenvalue weighted by molar-refractivity contribution is 7.99. The molecule has 0 spiro atoms. The number of hydrogen-bond donors (Lipinski definition) is 3. The van der Waals surface area contributed by atoms with Gasteiger partial charge in [-0.2, -0.15) is 0 Å². The third-order valence-corrected chi connectivity index (χ3v) is 13.9. The summed E-state index contributed by atoms with van der Waals surface area (Å²) in [6.07, 6.45) is 15.2. The second kappa shape index (κ2) is 24.5. The average Bonchev–Trinajstić information content (AvgIpc) is 3.81. The van der Waals surface area contributed by atoms with Gasteiger partial charge in [0.05, 0.1) is 44.7 Å². The molecule has 0 bridgehead atoms. The molecule has 2 aromatic carbocycles. The van der Waals surface area contributed by atoms with E-state index in [1.165, 1.54) is 17.7 Å². The van der Waals surface area contributed by atoms with E-state index in [0.29, 0.717) is 57.1 Å². The molecule has 0 saturated heterocycles. The third kappa shape index (κ3) is 12.0. The van der Waals surface area contributed by atoms with Gasteiger partial charge in [-0.05, 0) is 92.7 Å². The highest BCUT2D eigenvalue weighted by Crippen LogP contribution is 2.62. The van der Waals surface area contributed by atoms with Crippen molar-refractivity contribution in [1.29, 1.82) is 0 Å². The number of carbonyl (C=O) groups is 1. The van der Waals surface area contributed by atoms with Gasteiger partial charge < -0.3 is 44.0 Å². The first-order chi connectivity index (χ1) is 30.0. The normalized spacial score (nSPS) is 25.0. The van der Waals surface area contributed by atoms with Gasteiger partial charge in [-0.25, -0.2) is 0 Å². The summed E-state index contributed by atoms with van der Waals surface area (Å²) in [6.45, 7) is 7.94. The maximum absolute atomic E-state index is 14.8. The van der Waals surface area contributed by atoms with Crippen LogP contribution >= 0.6 is 11.8 Å². The van der Waals surface area contributed by atoms with Crippen molar-refractivity contribution < 1.29 is 43.9 Å². The van der Waals surface area contributed by atoms with Gasteiger partial charge in [0.25, 0.3) is 0 Å². The first-order valence-corrected chi connectivity index (χ1v) is 24.0. The Morgan fingerprint density at radius 1 is 0.984 bits per heavy atom. The number of thioether (sulfide) groups is 1. The minimum Gasteiger partial charge on any atom is -0.493 e. The zero-order valence-corrected chi connectivity index (χ0v) is 37.1. The van der Waals surface area contributed by atoms with Crippen LogP contribution in [0, 0.1) is 23.7 Å². The maximum atomic E-state index is 14.8. The van der Waals surface area contributed by atoms with Crippen molar-refractivity contribution in [3.63, 3.8) is 0 Å². The summed E-state index contributed by atoms with van der Waals surface area (Å²) in [4.78, 5) is 23.8. The van der Waals surface area contributed by atoms with E-state index in [1.807, 2.05) is 42.2 Å². The molecule has 0 radical (unpaired) electrons. The Morgan fingerprint density at radius 2 is 1.77 bits per heavy atom. The third-order valence-electron chi connectivity index (χ3n) is 13.0. The van der Waals surface area contributed by atoms with E-state index in [4.69, 9.17) is 28.9 Å². The summed E-state index contributed by atoms with van der Waals surface area (Å²) in [5, 5.41) is 34.3.